The monoisotopic (exact) mass is 232 g/mol. The van der Waals surface area contributed by atoms with Gasteiger partial charge in [0.05, 0.1) is 5.75 Å². The molecule has 0 aromatic heterocycles. The number of amides is 1. The number of ether oxygens (including phenoxy) is 1. The lowest BCUT2D eigenvalue weighted by Crippen LogP contribution is -2.40. The molecular formula is C8H16N4O2S. The molecule has 0 aromatic rings. The maximum atomic E-state index is 11.4. The summed E-state index contributed by atoms with van der Waals surface area (Å²) in [6, 6.07) is 0.225. The predicted molar refractivity (Wildman–Crippen MR) is 60.3 cm³/mol. The SMILES string of the molecule is NN=C(N)SCC(=O)NC1CCOCC1. The lowest BCUT2D eigenvalue weighted by molar-refractivity contribution is -0.119. The lowest BCUT2D eigenvalue weighted by atomic mass is 10.1. The van der Waals surface area contributed by atoms with Gasteiger partial charge in [-0.05, 0) is 12.8 Å². The molecule has 86 valence electrons. The minimum absolute atomic E-state index is 0.0431. The summed E-state index contributed by atoms with van der Waals surface area (Å²) in [5.74, 6) is 5.15. The number of hydrogen-bond acceptors (Lipinski definition) is 5. The standard InChI is InChI=1S/C8H16N4O2S/c9-8(12-10)15-5-7(13)11-6-1-3-14-4-2-6/h6H,1-5,10H2,(H2,9,12)(H,11,13). The zero-order valence-corrected chi connectivity index (χ0v) is 9.26. The van der Waals surface area contributed by atoms with Crippen LogP contribution in [0.2, 0.25) is 0 Å². The Kier molecular flexibility index (Phi) is 5.27. The molecule has 0 aliphatic carbocycles. The van der Waals surface area contributed by atoms with Crippen molar-refractivity contribution >= 4 is 22.8 Å². The van der Waals surface area contributed by atoms with E-state index in [9.17, 15) is 4.79 Å². The topological polar surface area (TPSA) is 103 Å². The third-order valence-electron chi connectivity index (χ3n) is 2.06. The van der Waals surface area contributed by atoms with Crippen molar-refractivity contribution in [3.05, 3.63) is 0 Å². The molecule has 1 aliphatic rings. The van der Waals surface area contributed by atoms with Crippen LogP contribution in [0.15, 0.2) is 5.10 Å². The van der Waals surface area contributed by atoms with E-state index in [1.54, 1.807) is 0 Å². The van der Waals surface area contributed by atoms with Crippen molar-refractivity contribution in [1.82, 2.24) is 5.32 Å². The van der Waals surface area contributed by atoms with Gasteiger partial charge in [0, 0.05) is 19.3 Å². The van der Waals surface area contributed by atoms with Crippen LogP contribution in [0.4, 0.5) is 0 Å². The number of nitrogens with zero attached hydrogens (tertiary/aromatic N) is 1. The van der Waals surface area contributed by atoms with Crippen molar-refractivity contribution < 1.29 is 9.53 Å². The van der Waals surface area contributed by atoms with Gasteiger partial charge in [-0.15, -0.1) is 0 Å². The second-order valence-electron chi connectivity index (χ2n) is 3.21. The van der Waals surface area contributed by atoms with Gasteiger partial charge in [0.1, 0.15) is 0 Å². The van der Waals surface area contributed by atoms with Gasteiger partial charge in [0.15, 0.2) is 5.17 Å². The van der Waals surface area contributed by atoms with Gasteiger partial charge in [-0.1, -0.05) is 11.8 Å². The van der Waals surface area contributed by atoms with E-state index < -0.39 is 0 Å². The van der Waals surface area contributed by atoms with E-state index in [-0.39, 0.29) is 22.9 Å². The average molecular weight is 232 g/mol. The molecule has 1 saturated heterocycles. The van der Waals surface area contributed by atoms with Crippen LogP contribution in [0.3, 0.4) is 0 Å². The van der Waals surface area contributed by atoms with Gasteiger partial charge in [-0.25, -0.2) is 0 Å². The summed E-state index contributed by atoms with van der Waals surface area (Å²) < 4.78 is 5.18. The fourth-order valence-corrected chi connectivity index (χ4v) is 1.72. The smallest absolute Gasteiger partial charge is 0.230 e. The summed E-state index contributed by atoms with van der Waals surface area (Å²) in [6.07, 6.45) is 1.74. The van der Waals surface area contributed by atoms with Gasteiger partial charge in [-0.3, -0.25) is 4.79 Å². The molecule has 1 rings (SSSR count). The van der Waals surface area contributed by atoms with Gasteiger partial charge in [0.25, 0.3) is 0 Å². The Hall–Kier alpha value is -0.950. The van der Waals surface area contributed by atoms with Gasteiger partial charge in [-0.2, -0.15) is 5.10 Å². The van der Waals surface area contributed by atoms with E-state index >= 15 is 0 Å². The molecule has 1 amide bonds. The Morgan fingerprint density at radius 3 is 2.80 bits per heavy atom. The first-order chi connectivity index (χ1) is 7.22. The van der Waals surface area contributed by atoms with Crippen LogP contribution in [0.25, 0.3) is 0 Å². The predicted octanol–water partition coefficient (Wildman–Crippen LogP) is -0.797. The molecule has 0 saturated carbocycles. The van der Waals surface area contributed by atoms with Crippen LogP contribution in [0.5, 0.6) is 0 Å². The first-order valence-electron chi connectivity index (χ1n) is 4.75. The molecule has 5 N–H and O–H groups in total. The zero-order valence-electron chi connectivity index (χ0n) is 8.44. The van der Waals surface area contributed by atoms with E-state index in [1.165, 1.54) is 0 Å². The first-order valence-corrected chi connectivity index (χ1v) is 5.74. The highest BCUT2D eigenvalue weighted by molar-refractivity contribution is 8.14. The fraction of sp³-hybridized carbons (Fsp3) is 0.750. The summed E-state index contributed by atoms with van der Waals surface area (Å²) in [6.45, 7) is 1.43. The molecular weight excluding hydrogens is 216 g/mol. The van der Waals surface area contributed by atoms with Crippen LogP contribution < -0.4 is 16.9 Å². The second-order valence-corrected chi connectivity index (χ2v) is 4.21. The molecule has 1 aliphatic heterocycles. The minimum atomic E-state index is -0.0431. The normalized spacial score (nSPS) is 18.8. The van der Waals surface area contributed by atoms with Crippen LogP contribution >= 0.6 is 11.8 Å². The summed E-state index contributed by atoms with van der Waals surface area (Å²) in [4.78, 5) is 11.4. The summed E-state index contributed by atoms with van der Waals surface area (Å²) in [7, 11) is 0. The van der Waals surface area contributed by atoms with Gasteiger partial charge < -0.3 is 21.6 Å². The van der Waals surface area contributed by atoms with Crippen LogP contribution in [-0.2, 0) is 9.53 Å². The van der Waals surface area contributed by atoms with Crippen LogP contribution in [-0.4, -0.2) is 36.1 Å². The number of rotatable bonds is 3. The highest BCUT2D eigenvalue weighted by Gasteiger charge is 2.15. The highest BCUT2D eigenvalue weighted by Crippen LogP contribution is 2.06. The molecule has 0 spiro atoms. The van der Waals surface area contributed by atoms with Gasteiger partial charge >= 0.3 is 0 Å². The van der Waals surface area contributed by atoms with Crippen molar-refractivity contribution in [2.45, 2.75) is 18.9 Å². The molecule has 0 radical (unpaired) electrons. The van der Waals surface area contributed by atoms with E-state index in [0.29, 0.717) is 13.2 Å². The Morgan fingerprint density at radius 2 is 2.20 bits per heavy atom. The maximum Gasteiger partial charge on any atom is 0.230 e. The lowest BCUT2D eigenvalue weighted by Gasteiger charge is -2.22. The van der Waals surface area contributed by atoms with Crippen molar-refractivity contribution in [1.29, 1.82) is 0 Å². The van der Waals surface area contributed by atoms with E-state index in [2.05, 4.69) is 10.4 Å². The molecule has 0 atom stereocenters. The molecule has 0 unspecified atom stereocenters. The third-order valence-corrected chi connectivity index (χ3v) is 2.87. The maximum absolute atomic E-state index is 11.4. The first kappa shape index (κ1) is 12.1. The number of hydrazone groups is 1. The number of nitrogens with one attached hydrogen (secondary N) is 1. The molecule has 1 fully saturated rings. The van der Waals surface area contributed by atoms with E-state index in [0.717, 1.165) is 24.6 Å². The van der Waals surface area contributed by atoms with Crippen LogP contribution in [0, 0.1) is 0 Å². The van der Waals surface area contributed by atoms with E-state index in [4.69, 9.17) is 16.3 Å². The third kappa shape index (κ3) is 4.89. The Morgan fingerprint density at radius 1 is 1.53 bits per heavy atom. The number of carbonyl (C=O) groups is 1. The van der Waals surface area contributed by atoms with Crippen molar-refractivity contribution in [2.75, 3.05) is 19.0 Å². The van der Waals surface area contributed by atoms with E-state index in [1.807, 2.05) is 0 Å². The van der Waals surface area contributed by atoms with Gasteiger partial charge in [0.2, 0.25) is 5.91 Å². The van der Waals surface area contributed by atoms with Crippen molar-refractivity contribution in [3.63, 3.8) is 0 Å². The summed E-state index contributed by atoms with van der Waals surface area (Å²) in [5, 5.41) is 6.39. The minimum Gasteiger partial charge on any atom is -0.381 e. The number of hydrogen-bond donors (Lipinski definition) is 3. The quantitative estimate of drug-likeness (QED) is 0.256. The zero-order chi connectivity index (χ0) is 11.1. The van der Waals surface area contributed by atoms with Crippen molar-refractivity contribution in [3.8, 4) is 0 Å². The van der Waals surface area contributed by atoms with Crippen LogP contribution in [0.1, 0.15) is 12.8 Å². The Labute approximate surface area is 92.8 Å². The number of amidine groups is 1. The summed E-state index contributed by atoms with van der Waals surface area (Å²) >= 11 is 1.13. The second kappa shape index (κ2) is 6.52. The Balaban J connectivity index is 2.17. The average Bonchev–Trinajstić information content (AvgIpc) is 2.27. The largest absolute Gasteiger partial charge is 0.381 e. The fourth-order valence-electron chi connectivity index (χ4n) is 1.29. The van der Waals surface area contributed by atoms with Crippen molar-refractivity contribution in [2.24, 2.45) is 16.7 Å². The summed E-state index contributed by atoms with van der Waals surface area (Å²) in [5.41, 5.74) is 5.34. The number of nitrogens with two attached hydrogens (primary N) is 2. The molecule has 7 heteroatoms. The molecule has 1 heterocycles. The molecule has 6 nitrogen and oxygen atoms in total. The Bertz CT molecular complexity index is 241. The number of carbonyl (C=O) groups excluding carboxylic acids is 1. The highest BCUT2D eigenvalue weighted by atomic mass is 32.2. The molecule has 0 aromatic carbocycles. The molecule has 15 heavy (non-hydrogen) atoms. The number of thioether (sulfide) groups is 1. The molecule has 0 bridgehead atoms.